The number of methoxy groups -OCH3 is 1. The molecule has 1 aromatic rings. The minimum Gasteiger partial charge on any atom is -0.384 e. The van der Waals surface area contributed by atoms with Crippen LogP contribution < -0.4 is 10.6 Å². The highest BCUT2D eigenvalue weighted by Crippen LogP contribution is 2.32. The largest absolute Gasteiger partial charge is 0.384 e. The topological polar surface area (TPSA) is 38.5 Å². The number of rotatable bonds is 4. The fourth-order valence-electron chi connectivity index (χ4n) is 2.49. The number of halogens is 1. The highest BCUT2D eigenvalue weighted by Gasteiger charge is 2.24. The summed E-state index contributed by atoms with van der Waals surface area (Å²) in [5.41, 5.74) is 8.05. The summed E-state index contributed by atoms with van der Waals surface area (Å²) in [6, 6.07) is 6.15. The molecule has 2 atom stereocenters. The molecule has 0 aliphatic carbocycles. The van der Waals surface area contributed by atoms with Crippen molar-refractivity contribution in [3.05, 3.63) is 28.8 Å². The zero-order valence-electron chi connectivity index (χ0n) is 11.0. The molecule has 0 saturated carbocycles. The Morgan fingerprint density at radius 1 is 1.56 bits per heavy atom. The van der Waals surface area contributed by atoms with Crippen LogP contribution in [-0.4, -0.2) is 26.8 Å². The van der Waals surface area contributed by atoms with Crippen molar-refractivity contribution in [1.82, 2.24) is 0 Å². The summed E-state index contributed by atoms with van der Waals surface area (Å²) in [5, 5.41) is 0.794. The zero-order chi connectivity index (χ0) is 13.1. The quantitative estimate of drug-likeness (QED) is 0.913. The predicted octanol–water partition coefficient (Wildman–Crippen LogP) is 2.83. The lowest BCUT2D eigenvalue weighted by molar-refractivity contribution is 0.161. The molecule has 3 nitrogen and oxygen atoms in total. The predicted molar refractivity (Wildman–Crippen MR) is 76.3 cm³/mol. The van der Waals surface area contributed by atoms with E-state index >= 15 is 0 Å². The molecule has 18 heavy (non-hydrogen) atoms. The Morgan fingerprint density at radius 3 is 2.94 bits per heavy atom. The number of nitrogens with two attached hydrogens (primary N) is 1. The number of nitrogens with zero attached hydrogens (tertiary/aromatic N) is 1. The summed E-state index contributed by atoms with van der Waals surface area (Å²) >= 11 is 6.35. The SMILES string of the molecule is COCC1CCN(c2ccc([C@@H](C)N)cc2Cl)C1. The molecule has 1 fully saturated rings. The van der Waals surface area contributed by atoms with Gasteiger partial charge in [-0.1, -0.05) is 17.7 Å². The summed E-state index contributed by atoms with van der Waals surface area (Å²) in [5.74, 6) is 0.610. The molecule has 1 heterocycles. The van der Waals surface area contributed by atoms with E-state index in [0.29, 0.717) is 5.92 Å². The maximum atomic E-state index is 6.35. The number of benzene rings is 1. The average molecular weight is 269 g/mol. The van der Waals surface area contributed by atoms with Crippen molar-refractivity contribution in [2.24, 2.45) is 11.7 Å². The fourth-order valence-corrected chi connectivity index (χ4v) is 2.79. The minimum absolute atomic E-state index is 0.0244. The number of hydrogen-bond acceptors (Lipinski definition) is 3. The van der Waals surface area contributed by atoms with Gasteiger partial charge < -0.3 is 15.4 Å². The Kier molecular flexibility index (Phi) is 4.49. The lowest BCUT2D eigenvalue weighted by Gasteiger charge is -2.21. The summed E-state index contributed by atoms with van der Waals surface area (Å²) in [6.07, 6.45) is 1.17. The van der Waals surface area contributed by atoms with E-state index in [1.165, 1.54) is 6.42 Å². The van der Waals surface area contributed by atoms with E-state index in [1.807, 2.05) is 13.0 Å². The monoisotopic (exact) mass is 268 g/mol. The van der Waals surface area contributed by atoms with E-state index in [2.05, 4.69) is 17.0 Å². The second-order valence-corrected chi connectivity index (χ2v) is 5.46. The van der Waals surface area contributed by atoms with Crippen LogP contribution in [0.3, 0.4) is 0 Å². The first-order valence-electron chi connectivity index (χ1n) is 6.40. The summed E-state index contributed by atoms with van der Waals surface area (Å²) in [6.45, 7) is 4.86. The molecule has 2 rings (SSSR count). The average Bonchev–Trinajstić information content (AvgIpc) is 2.77. The van der Waals surface area contributed by atoms with E-state index in [9.17, 15) is 0 Å². The first kappa shape index (κ1) is 13.7. The van der Waals surface area contributed by atoms with Crippen LogP contribution >= 0.6 is 11.6 Å². The molecule has 2 N–H and O–H groups in total. The maximum absolute atomic E-state index is 6.35. The number of anilines is 1. The lowest BCUT2D eigenvalue weighted by atomic mass is 10.1. The highest BCUT2D eigenvalue weighted by molar-refractivity contribution is 6.33. The van der Waals surface area contributed by atoms with Gasteiger partial charge in [-0.15, -0.1) is 0 Å². The third kappa shape index (κ3) is 2.97. The Labute approximate surface area is 114 Å². The third-order valence-corrected chi connectivity index (χ3v) is 3.83. The first-order valence-corrected chi connectivity index (χ1v) is 6.78. The van der Waals surface area contributed by atoms with Crippen LogP contribution in [0.1, 0.15) is 24.9 Å². The molecule has 1 unspecified atom stereocenters. The van der Waals surface area contributed by atoms with Gasteiger partial charge in [-0.3, -0.25) is 0 Å². The molecule has 0 aromatic heterocycles. The second kappa shape index (κ2) is 5.91. The van der Waals surface area contributed by atoms with Crippen molar-refractivity contribution in [2.75, 3.05) is 31.7 Å². The molecule has 0 radical (unpaired) electrons. The van der Waals surface area contributed by atoms with Crippen LogP contribution in [0.4, 0.5) is 5.69 Å². The zero-order valence-corrected chi connectivity index (χ0v) is 11.8. The van der Waals surface area contributed by atoms with Crippen molar-refractivity contribution < 1.29 is 4.74 Å². The highest BCUT2D eigenvalue weighted by atomic mass is 35.5. The molecule has 0 amide bonds. The summed E-state index contributed by atoms with van der Waals surface area (Å²) in [7, 11) is 1.76. The van der Waals surface area contributed by atoms with Gasteiger partial charge >= 0.3 is 0 Å². The van der Waals surface area contributed by atoms with Gasteiger partial charge in [0.1, 0.15) is 0 Å². The molecular formula is C14H21ClN2O. The molecule has 1 saturated heterocycles. The van der Waals surface area contributed by atoms with Gasteiger partial charge in [0.05, 0.1) is 17.3 Å². The normalized spacial score (nSPS) is 21.3. The standard InChI is InChI=1S/C14H21ClN2O/c1-10(16)12-3-4-14(13(15)7-12)17-6-5-11(8-17)9-18-2/h3-4,7,10-11H,5-6,8-9,16H2,1-2H3/t10-,11?/m1/s1. The van der Waals surface area contributed by atoms with Crippen LogP contribution in [-0.2, 0) is 4.74 Å². The number of ether oxygens (including phenoxy) is 1. The molecule has 0 spiro atoms. The molecule has 1 aliphatic heterocycles. The van der Waals surface area contributed by atoms with E-state index in [1.54, 1.807) is 7.11 Å². The number of hydrogen-bond donors (Lipinski definition) is 1. The van der Waals surface area contributed by atoms with Crippen LogP contribution in [0.25, 0.3) is 0 Å². The molecule has 100 valence electrons. The molecular weight excluding hydrogens is 248 g/mol. The Morgan fingerprint density at radius 2 is 2.33 bits per heavy atom. The van der Waals surface area contributed by atoms with Crippen LogP contribution in [0.15, 0.2) is 18.2 Å². The van der Waals surface area contributed by atoms with E-state index in [0.717, 1.165) is 36.0 Å². The van der Waals surface area contributed by atoms with Gasteiger partial charge in [-0.2, -0.15) is 0 Å². The van der Waals surface area contributed by atoms with Crippen molar-refractivity contribution in [2.45, 2.75) is 19.4 Å². The van der Waals surface area contributed by atoms with Gasteiger partial charge in [0.25, 0.3) is 0 Å². The Balaban J connectivity index is 2.10. The Hall–Kier alpha value is -0.770. The smallest absolute Gasteiger partial charge is 0.0642 e. The van der Waals surface area contributed by atoms with Gasteiger partial charge in [0.2, 0.25) is 0 Å². The molecule has 1 aliphatic rings. The van der Waals surface area contributed by atoms with Crippen LogP contribution in [0.2, 0.25) is 5.02 Å². The van der Waals surface area contributed by atoms with Crippen molar-refractivity contribution in [3.8, 4) is 0 Å². The Bertz CT molecular complexity index is 409. The van der Waals surface area contributed by atoms with Gasteiger partial charge in [-0.05, 0) is 31.0 Å². The lowest BCUT2D eigenvalue weighted by Crippen LogP contribution is -2.21. The van der Waals surface area contributed by atoms with E-state index in [-0.39, 0.29) is 6.04 Å². The fraction of sp³-hybridized carbons (Fsp3) is 0.571. The van der Waals surface area contributed by atoms with E-state index < -0.39 is 0 Å². The maximum Gasteiger partial charge on any atom is 0.0642 e. The molecule has 1 aromatic carbocycles. The molecule has 0 bridgehead atoms. The van der Waals surface area contributed by atoms with Crippen molar-refractivity contribution in [1.29, 1.82) is 0 Å². The molecule has 4 heteroatoms. The summed E-state index contributed by atoms with van der Waals surface area (Å²) < 4.78 is 5.21. The van der Waals surface area contributed by atoms with Crippen molar-refractivity contribution in [3.63, 3.8) is 0 Å². The second-order valence-electron chi connectivity index (χ2n) is 5.06. The van der Waals surface area contributed by atoms with Crippen LogP contribution in [0, 0.1) is 5.92 Å². The van der Waals surface area contributed by atoms with Gasteiger partial charge in [0.15, 0.2) is 0 Å². The van der Waals surface area contributed by atoms with E-state index in [4.69, 9.17) is 22.1 Å². The van der Waals surface area contributed by atoms with Crippen LogP contribution in [0.5, 0.6) is 0 Å². The van der Waals surface area contributed by atoms with Gasteiger partial charge in [0, 0.05) is 32.2 Å². The van der Waals surface area contributed by atoms with Gasteiger partial charge in [-0.25, -0.2) is 0 Å². The summed E-state index contributed by atoms with van der Waals surface area (Å²) in [4.78, 5) is 2.33. The third-order valence-electron chi connectivity index (χ3n) is 3.53. The van der Waals surface area contributed by atoms with Crippen molar-refractivity contribution >= 4 is 17.3 Å². The first-order chi connectivity index (χ1) is 8.61. The minimum atomic E-state index is 0.0244.